The zero-order valence-corrected chi connectivity index (χ0v) is 11.0. The molecule has 2 heterocycles. The average molecular weight is 267 g/mol. The summed E-state index contributed by atoms with van der Waals surface area (Å²) in [6.45, 7) is 2.47. The maximum Gasteiger partial charge on any atom is 0.373 e. The van der Waals surface area contributed by atoms with Crippen LogP contribution in [0.3, 0.4) is 0 Å². The van der Waals surface area contributed by atoms with Crippen molar-refractivity contribution in [2.24, 2.45) is 4.99 Å². The molecule has 0 aromatic rings. The Labute approximate surface area is 111 Å². The van der Waals surface area contributed by atoms with Gasteiger partial charge in [-0.15, -0.1) is 0 Å². The Morgan fingerprint density at radius 3 is 3.05 bits per heavy atom. The smallest absolute Gasteiger partial charge is 0.373 e. The molecule has 0 aliphatic carbocycles. The first kappa shape index (κ1) is 13.4. The van der Waals surface area contributed by atoms with Gasteiger partial charge in [-0.05, 0) is 13.0 Å². The van der Waals surface area contributed by atoms with E-state index in [2.05, 4.69) is 10.3 Å². The maximum absolute atomic E-state index is 11.8. The van der Waals surface area contributed by atoms with Crippen LogP contribution in [0.2, 0.25) is 0 Å². The Balaban J connectivity index is 1.91. The number of aliphatic imine (C=N–C) groups is 1. The number of carbonyl (C=O) groups is 2. The minimum Gasteiger partial charge on any atom is -0.488 e. The van der Waals surface area contributed by atoms with E-state index < -0.39 is 18.2 Å². The van der Waals surface area contributed by atoms with Crippen molar-refractivity contribution in [3.05, 3.63) is 12.3 Å². The van der Waals surface area contributed by atoms with Gasteiger partial charge in [0.1, 0.15) is 6.17 Å². The van der Waals surface area contributed by atoms with Crippen molar-refractivity contribution in [1.82, 2.24) is 10.2 Å². The zero-order chi connectivity index (χ0) is 13.8. The van der Waals surface area contributed by atoms with E-state index in [4.69, 9.17) is 9.47 Å². The lowest BCUT2D eigenvalue weighted by Crippen LogP contribution is -2.42. The topological polar surface area (TPSA) is 80.2 Å². The standard InChI is InChI=1S/C12H17N3O4/c1-3-18-12(17)10-13-9(7-15(10)2)14-11(16)8-5-4-6-19-8/h4,6,8-9H,3,5,7H2,1-2H3,(H,14,16). The van der Waals surface area contributed by atoms with E-state index in [1.54, 1.807) is 24.9 Å². The Hall–Kier alpha value is -2.05. The lowest BCUT2D eigenvalue weighted by atomic mass is 10.2. The predicted octanol–water partition coefficient (Wildman–Crippen LogP) is -0.362. The van der Waals surface area contributed by atoms with E-state index in [0.717, 1.165) is 0 Å². The molecule has 1 amide bonds. The molecule has 19 heavy (non-hydrogen) atoms. The van der Waals surface area contributed by atoms with Crippen molar-refractivity contribution in [2.45, 2.75) is 25.6 Å². The molecule has 1 N–H and O–H groups in total. The van der Waals surface area contributed by atoms with Crippen LogP contribution in [0.4, 0.5) is 0 Å². The van der Waals surface area contributed by atoms with Gasteiger partial charge in [0.2, 0.25) is 5.84 Å². The van der Waals surface area contributed by atoms with Crippen LogP contribution in [0.25, 0.3) is 0 Å². The fraction of sp³-hybridized carbons (Fsp3) is 0.583. The molecule has 0 fully saturated rings. The van der Waals surface area contributed by atoms with E-state index in [0.29, 0.717) is 19.6 Å². The van der Waals surface area contributed by atoms with Gasteiger partial charge in [0.25, 0.3) is 5.91 Å². The first-order valence-corrected chi connectivity index (χ1v) is 6.18. The van der Waals surface area contributed by atoms with Gasteiger partial charge in [-0.1, -0.05) is 0 Å². The van der Waals surface area contributed by atoms with Crippen LogP contribution in [0.15, 0.2) is 17.3 Å². The highest BCUT2D eigenvalue weighted by Gasteiger charge is 2.31. The molecule has 0 bridgehead atoms. The number of rotatable bonds is 4. The van der Waals surface area contributed by atoms with Crippen LogP contribution in [0.5, 0.6) is 0 Å². The first-order chi connectivity index (χ1) is 9.11. The van der Waals surface area contributed by atoms with Crippen LogP contribution < -0.4 is 5.32 Å². The number of amides is 1. The van der Waals surface area contributed by atoms with Crippen molar-refractivity contribution >= 4 is 17.7 Å². The number of nitrogens with zero attached hydrogens (tertiary/aromatic N) is 2. The number of carbonyl (C=O) groups excluding carboxylic acids is 2. The third-order valence-electron chi connectivity index (χ3n) is 2.84. The molecule has 0 aromatic carbocycles. The minimum atomic E-state index is -0.493. The van der Waals surface area contributed by atoms with Gasteiger partial charge in [-0.25, -0.2) is 9.79 Å². The molecule has 0 spiro atoms. The molecule has 2 aliphatic heterocycles. The maximum atomic E-state index is 11.8. The molecular formula is C12H17N3O4. The van der Waals surface area contributed by atoms with Gasteiger partial charge in [0.15, 0.2) is 6.10 Å². The van der Waals surface area contributed by atoms with E-state index in [1.807, 2.05) is 0 Å². The molecule has 2 atom stereocenters. The largest absolute Gasteiger partial charge is 0.488 e. The second-order valence-corrected chi connectivity index (χ2v) is 4.31. The van der Waals surface area contributed by atoms with Crippen LogP contribution in [-0.4, -0.2) is 55.1 Å². The Morgan fingerprint density at radius 2 is 2.42 bits per heavy atom. The van der Waals surface area contributed by atoms with Gasteiger partial charge >= 0.3 is 5.97 Å². The number of amidine groups is 1. The quantitative estimate of drug-likeness (QED) is 0.703. The van der Waals surface area contributed by atoms with Crippen molar-refractivity contribution in [3.63, 3.8) is 0 Å². The summed E-state index contributed by atoms with van der Waals surface area (Å²) in [6, 6.07) is 0. The van der Waals surface area contributed by atoms with Crippen LogP contribution in [0, 0.1) is 0 Å². The summed E-state index contributed by atoms with van der Waals surface area (Å²) in [5.74, 6) is -0.463. The first-order valence-electron chi connectivity index (χ1n) is 6.18. The number of likely N-dealkylation sites (N-methyl/N-ethyl adjacent to an activating group) is 1. The van der Waals surface area contributed by atoms with Crippen LogP contribution in [-0.2, 0) is 19.1 Å². The van der Waals surface area contributed by atoms with E-state index in [-0.39, 0.29) is 11.7 Å². The van der Waals surface area contributed by atoms with Gasteiger partial charge in [0.05, 0.1) is 19.4 Å². The molecule has 0 saturated heterocycles. The highest BCUT2D eigenvalue weighted by Crippen LogP contribution is 2.11. The monoisotopic (exact) mass is 267 g/mol. The molecule has 0 aromatic heterocycles. The van der Waals surface area contributed by atoms with Gasteiger partial charge in [-0.3, -0.25) is 4.79 Å². The summed E-state index contributed by atoms with van der Waals surface area (Å²) < 4.78 is 10.0. The fourth-order valence-corrected chi connectivity index (χ4v) is 1.93. The van der Waals surface area contributed by atoms with Crippen molar-refractivity contribution in [1.29, 1.82) is 0 Å². The lowest BCUT2D eigenvalue weighted by molar-refractivity contribution is -0.135. The highest BCUT2D eigenvalue weighted by atomic mass is 16.5. The van der Waals surface area contributed by atoms with Crippen LogP contribution in [0.1, 0.15) is 13.3 Å². The Morgan fingerprint density at radius 1 is 1.63 bits per heavy atom. The molecule has 2 unspecified atom stereocenters. The molecule has 7 nitrogen and oxygen atoms in total. The molecule has 7 heteroatoms. The number of nitrogens with one attached hydrogen (secondary N) is 1. The third kappa shape index (κ3) is 3.04. The van der Waals surface area contributed by atoms with E-state index in [1.165, 1.54) is 6.26 Å². The summed E-state index contributed by atoms with van der Waals surface area (Å²) in [5, 5.41) is 2.74. The van der Waals surface area contributed by atoms with E-state index >= 15 is 0 Å². The predicted molar refractivity (Wildman–Crippen MR) is 67.3 cm³/mol. The molecular weight excluding hydrogens is 250 g/mol. The third-order valence-corrected chi connectivity index (χ3v) is 2.84. The van der Waals surface area contributed by atoms with Crippen LogP contribution >= 0.6 is 0 Å². The Kier molecular flexibility index (Phi) is 4.03. The number of hydrogen-bond acceptors (Lipinski definition) is 6. The van der Waals surface area contributed by atoms with Gasteiger partial charge in [-0.2, -0.15) is 0 Å². The average Bonchev–Trinajstić information content (AvgIpc) is 2.99. The second-order valence-electron chi connectivity index (χ2n) is 4.31. The highest BCUT2D eigenvalue weighted by molar-refractivity contribution is 6.35. The van der Waals surface area contributed by atoms with Crippen molar-refractivity contribution in [3.8, 4) is 0 Å². The summed E-state index contributed by atoms with van der Waals surface area (Å²) in [5.41, 5.74) is 0. The van der Waals surface area contributed by atoms with E-state index in [9.17, 15) is 9.59 Å². The molecule has 0 saturated carbocycles. The molecule has 2 aliphatic rings. The molecule has 2 rings (SSSR count). The van der Waals surface area contributed by atoms with Gasteiger partial charge in [0, 0.05) is 13.5 Å². The Bertz CT molecular complexity index is 425. The lowest BCUT2D eigenvalue weighted by Gasteiger charge is -2.15. The molecule has 104 valence electrons. The summed E-state index contributed by atoms with van der Waals surface area (Å²) in [4.78, 5) is 29.3. The number of esters is 1. The number of hydrogen-bond donors (Lipinski definition) is 1. The minimum absolute atomic E-state index is 0.225. The summed E-state index contributed by atoms with van der Waals surface area (Å²) in [7, 11) is 1.73. The van der Waals surface area contributed by atoms with Gasteiger partial charge < -0.3 is 19.7 Å². The SMILES string of the molecule is CCOC(=O)C1=NC(NC(=O)C2CC=CO2)CN1C. The zero-order valence-electron chi connectivity index (χ0n) is 11.0. The number of ether oxygens (including phenoxy) is 2. The summed E-state index contributed by atoms with van der Waals surface area (Å²) in [6.07, 6.45) is 2.92. The fourth-order valence-electron chi connectivity index (χ4n) is 1.93. The molecule has 0 radical (unpaired) electrons. The summed E-state index contributed by atoms with van der Waals surface area (Å²) >= 11 is 0. The van der Waals surface area contributed by atoms with Crippen molar-refractivity contribution < 1.29 is 19.1 Å². The second kappa shape index (κ2) is 5.73. The normalized spacial score (nSPS) is 24.9. The van der Waals surface area contributed by atoms with Crippen molar-refractivity contribution in [2.75, 3.05) is 20.2 Å².